The van der Waals surface area contributed by atoms with Crippen LogP contribution in [0.25, 0.3) is 11.1 Å². The molecule has 0 radical (unpaired) electrons. The first-order valence-electron chi connectivity index (χ1n) is 32.0. The summed E-state index contributed by atoms with van der Waals surface area (Å²) >= 11 is 0. The smallest absolute Gasteiger partial charge is 0.253 e. The van der Waals surface area contributed by atoms with E-state index in [1.54, 1.807) is 21.7 Å². The Morgan fingerprint density at radius 3 is 1.40 bits per heavy atom. The third-order valence-corrected chi connectivity index (χ3v) is 19.1. The number of carbonyl (C=O) groups is 8. The van der Waals surface area contributed by atoms with Crippen LogP contribution in [0.15, 0.2) is 109 Å². The molecule has 0 bridgehead atoms. The van der Waals surface area contributed by atoms with Gasteiger partial charge in [0.25, 0.3) is 11.8 Å². The number of benzene rings is 4. The molecule has 4 fully saturated rings. The van der Waals surface area contributed by atoms with E-state index in [0.717, 1.165) is 86.5 Å². The average Bonchev–Trinajstić information content (AvgIpc) is 3.07. The van der Waals surface area contributed by atoms with Gasteiger partial charge in [0.05, 0.1) is 18.1 Å². The Kier molecular flexibility index (Phi) is 23.7. The Hall–Kier alpha value is -7.20. The maximum absolute atomic E-state index is 15.0. The molecule has 2 aliphatic carbocycles. The van der Waals surface area contributed by atoms with Gasteiger partial charge in [0.15, 0.2) is 0 Å². The molecule has 4 aromatic carbocycles. The first kappa shape index (κ1) is 64.8. The lowest BCUT2D eigenvalue weighted by Gasteiger charge is -2.45. The number of nitrogens with zero attached hydrogens (tertiary/aromatic N) is 6. The molecule has 4 aromatic rings. The predicted molar refractivity (Wildman–Crippen MR) is 336 cm³/mol. The molecule has 6 atom stereocenters. The molecule has 7 amide bonds. The summed E-state index contributed by atoms with van der Waals surface area (Å²) in [6.07, 6.45) is 11.6. The SMILES string of the molecule is CC[C@@H](C)C(=O)N[C@H](C(=O)N1CCN(C(C)=O)C[C@H]1CN(CCc1ccccc1)C(=O)c1ccc(-c2ccc(C(=O)N(CCc3ccccc3)C[C@@H]3CN(C(C)=O)CCN3C(=O)[C@@H](CC(=O)[C@H](C)NC)C3CCCCC3)cc2)cc1)C1CCCCC1. The molecule has 8 rings (SSSR count). The number of amides is 7. The molecule has 0 spiro atoms. The molecule has 86 heavy (non-hydrogen) atoms. The monoisotopic (exact) mass is 1170 g/mol. The molecular formula is C70H94N8O8. The van der Waals surface area contributed by atoms with Crippen molar-refractivity contribution in [2.45, 2.75) is 149 Å². The number of hydrogen-bond donors (Lipinski definition) is 2. The van der Waals surface area contributed by atoms with Crippen LogP contribution in [0.5, 0.6) is 0 Å². The van der Waals surface area contributed by atoms with Crippen molar-refractivity contribution < 1.29 is 38.4 Å². The molecular weight excluding hydrogens is 1080 g/mol. The highest BCUT2D eigenvalue weighted by molar-refractivity contribution is 5.96. The van der Waals surface area contributed by atoms with Crippen molar-refractivity contribution in [3.8, 4) is 11.1 Å². The molecule has 2 N–H and O–H groups in total. The number of Topliss-reactive ketones (excluding diaryl/α,β-unsaturated/α-hetero) is 1. The molecule has 16 nitrogen and oxygen atoms in total. The van der Waals surface area contributed by atoms with E-state index < -0.39 is 24.0 Å². The highest BCUT2D eigenvalue weighted by Gasteiger charge is 2.43. The van der Waals surface area contributed by atoms with Crippen LogP contribution in [0.2, 0.25) is 0 Å². The Labute approximate surface area is 510 Å². The second-order valence-electron chi connectivity index (χ2n) is 24.8. The summed E-state index contributed by atoms with van der Waals surface area (Å²) in [5.41, 5.74) is 4.72. The normalized spacial score (nSPS) is 19.2. The molecule has 2 aliphatic heterocycles. The van der Waals surface area contributed by atoms with Crippen molar-refractivity contribution in [3.05, 3.63) is 131 Å². The van der Waals surface area contributed by atoms with Gasteiger partial charge in [-0.1, -0.05) is 137 Å². The molecule has 0 aromatic heterocycles. The lowest BCUT2D eigenvalue weighted by molar-refractivity contribution is -0.148. The van der Waals surface area contributed by atoms with Crippen LogP contribution in [0.3, 0.4) is 0 Å². The van der Waals surface area contributed by atoms with Gasteiger partial charge in [-0.15, -0.1) is 0 Å². The molecule has 2 saturated carbocycles. The molecule has 2 saturated heterocycles. The lowest BCUT2D eigenvalue weighted by Crippen LogP contribution is -2.64. The highest BCUT2D eigenvalue weighted by Crippen LogP contribution is 2.35. The van der Waals surface area contributed by atoms with Crippen LogP contribution in [0, 0.1) is 23.7 Å². The van der Waals surface area contributed by atoms with Crippen LogP contribution in [0.4, 0.5) is 0 Å². The van der Waals surface area contributed by atoms with E-state index in [2.05, 4.69) is 10.6 Å². The average molecular weight is 1180 g/mol. The lowest BCUT2D eigenvalue weighted by atomic mass is 9.76. The number of rotatable bonds is 24. The van der Waals surface area contributed by atoms with Crippen LogP contribution in [-0.2, 0) is 41.6 Å². The third-order valence-electron chi connectivity index (χ3n) is 19.1. The summed E-state index contributed by atoms with van der Waals surface area (Å²) in [6, 6.07) is 32.7. The van der Waals surface area contributed by atoms with E-state index in [-0.39, 0.29) is 104 Å². The van der Waals surface area contributed by atoms with Crippen molar-refractivity contribution in [1.29, 1.82) is 0 Å². The van der Waals surface area contributed by atoms with Gasteiger partial charge in [-0.05, 0) is 117 Å². The fourth-order valence-corrected chi connectivity index (χ4v) is 13.3. The van der Waals surface area contributed by atoms with Gasteiger partial charge in [0, 0.05) is 109 Å². The van der Waals surface area contributed by atoms with Crippen LogP contribution in [0.1, 0.15) is 144 Å². The summed E-state index contributed by atoms with van der Waals surface area (Å²) < 4.78 is 0. The van der Waals surface area contributed by atoms with Gasteiger partial charge >= 0.3 is 0 Å². The van der Waals surface area contributed by atoms with Crippen molar-refractivity contribution >= 4 is 47.1 Å². The zero-order valence-electron chi connectivity index (χ0n) is 51.9. The summed E-state index contributed by atoms with van der Waals surface area (Å²) in [6.45, 7) is 11.7. The second-order valence-corrected chi connectivity index (χ2v) is 24.8. The molecule has 462 valence electrons. The Morgan fingerprint density at radius 2 is 0.977 bits per heavy atom. The topological polar surface area (TPSA) is 180 Å². The van der Waals surface area contributed by atoms with E-state index in [1.807, 2.05) is 145 Å². The number of piperazine rings is 2. The minimum Gasteiger partial charge on any atom is -0.344 e. The van der Waals surface area contributed by atoms with Crippen LogP contribution in [-0.4, -0.2) is 173 Å². The Bertz CT molecular complexity index is 2710. The Morgan fingerprint density at radius 1 is 0.547 bits per heavy atom. The van der Waals surface area contributed by atoms with Crippen LogP contribution >= 0.6 is 0 Å². The summed E-state index contributed by atoms with van der Waals surface area (Å²) in [5, 5.41) is 6.25. The standard InChI is InChI=1S/C70H94N8O8/c1-7-49(2)66(82)72-65(58-26-18-11-19-27-58)70(86)78-43-41-74(52(5)80)46-62(78)48-76(39-37-54-22-14-9-15-23-54)68(84)60-34-30-56(31-35-60)55-28-32-59(33-29-55)67(83)75(38-36-53-20-12-8-13-21-53)47-61-45-73(51(4)79)40-42-77(61)69(85)63(44-64(81)50(3)71-6)57-24-16-10-17-25-57/h8-9,12-15,20-23,28-35,49-50,57-58,61-63,65,71H,7,10-11,16-19,24-27,36-48H2,1-6H3,(H,72,82)/t49-,50+,61+,62+,63+,65+/m1/s1. The van der Waals surface area contributed by atoms with Gasteiger partial charge in [-0.25, -0.2) is 0 Å². The van der Waals surface area contributed by atoms with Gasteiger partial charge < -0.3 is 40.0 Å². The molecule has 2 heterocycles. The maximum Gasteiger partial charge on any atom is 0.253 e. The minimum absolute atomic E-state index is 0.000450. The number of nitrogens with one attached hydrogen (secondary N) is 2. The minimum atomic E-state index is -0.694. The summed E-state index contributed by atoms with van der Waals surface area (Å²) in [7, 11) is 1.76. The van der Waals surface area contributed by atoms with Gasteiger partial charge in [-0.2, -0.15) is 0 Å². The summed E-state index contributed by atoms with van der Waals surface area (Å²) in [5.74, 6) is -1.61. The first-order chi connectivity index (χ1) is 41.5. The fourth-order valence-electron chi connectivity index (χ4n) is 13.3. The number of carbonyl (C=O) groups excluding carboxylic acids is 8. The molecule has 0 unspecified atom stereocenters. The van der Waals surface area contributed by atoms with Crippen molar-refractivity contribution in [2.24, 2.45) is 23.7 Å². The quantitative estimate of drug-likeness (QED) is 0.0694. The van der Waals surface area contributed by atoms with Crippen molar-refractivity contribution in [1.82, 2.24) is 40.0 Å². The second kappa shape index (κ2) is 31.4. The molecule has 16 heteroatoms. The largest absolute Gasteiger partial charge is 0.344 e. The van der Waals surface area contributed by atoms with Crippen molar-refractivity contribution in [2.75, 3.05) is 72.5 Å². The van der Waals surface area contributed by atoms with Gasteiger partial charge in [-0.3, -0.25) is 38.4 Å². The third kappa shape index (κ3) is 17.1. The van der Waals surface area contributed by atoms with Crippen molar-refractivity contribution in [3.63, 3.8) is 0 Å². The number of likely N-dealkylation sites (N-methyl/N-ethyl adjacent to an activating group) is 1. The fraction of sp³-hybridized carbons (Fsp3) is 0.543. The van der Waals surface area contributed by atoms with E-state index in [1.165, 1.54) is 13.8 Å². The Balaban J connectivity index is 1.03. The van der Waals surface area contributed by atoms with E-state index in [9.17, 15) is 33.6 Å². The highest BCUT2D eigenvalue weighted by atomic mass is 16.2. The van der Waals surface area contributed by atoms with Gasteiger partial charge in [0.2, 0.25) is 29.5 Å². The van der Waals surface area contributed by atoms with E-state index in [4.69, 9.17) is 0 Å². The van der Waals surface area contributed by atoms with Crippen LogP contribution < -0.4 is 10.6 Å². The number of hydrogen-bond acceptors (Lipinski definition) is 9. The maximum atomic E-state index is 15.0. The predicted octanol–water partition coefficient (Wildman–Crippen LogP) is 8.72. The first-order valence-corrected chi connectivity index (χ1v) is 32.0. The van der Waals surface area contributed by atoms with Gasteiger partial charge in [0.1, 0.15) is 11.8 Å². The zero-order valence-corrected chi connectivity index (χ0v) is 51.9. The van der Waals surface area contributed by atoms with E-state index >= 15 is 4.79 Å². The molecule has 4 aliphatic rings. The van der Waals surface area contributed by atoms with E-state index in [0.29, 0.717) is 69.7 Å². The zero-order chi connectivity index (χ0) is 61.3. The summed E-state index contributed by atoms with van der Waals surface area (Å²) in [4.78, 5) is 124. The number of ketones is 1.